The fourth-order valence-corrected chi connectivity index (χ4v) is 7.43. The highest BCUT2D eigenvalue weighted by Gasteiger charge is 2.09. The molecule has 4 N–H and O–H groups in total. The van der Waals surface area contributed by atoms with Crippen LogP contribution in [0.2, 0.25) is 0 Å². The van der Waals surface area contributed by atoms with Crippen LogP contribution >= 0.6 is 0 Å². The SMILES string of the molecule is CCCCCCCCN(CCCCCC)CCCNC(=O)Nc1ccc(Cc2ccc(NC(=O)NCCCN(CCCCCC)CCCCCCCC)cc2)cc1. The van der Waals surface area contributed by atoms with Gasteiger partial charge in [-0.15, -0.1) is 0 Å². The summed E-state index contributed by atoms with van der Waals surface area (Å²) in [5.41, 5.74) is 3.92. The summed E-state index contributed by atoms with van der Waals surface area (Å²) in [5, 5.41) is 12.1. The van der Waals surface area contributed by atoms with Gasteiger partial charge in [0.25, 0.3) is 0 Å². The number of urea groups is 2. The van der Waals surface area contributed by atoms with Gasteiger partial charge in [-0.2, -0.15) is 0 Å². The Kier molecular flexibility index (Phi) is 30.6. The predicted octanol–water partition coefficient (Wildman–Crippen LogP) is 12.8. The molecule has 0 fully saturated rings. The first-order valence-corrected chi connectivity index (χ1v) is 23.7. The highest BCUT2D eigenvalue weighted by atomic mass is 16.2. The van der Waals surface area contributed by atoms with Crippen molar-refractivity contribution in [1.29, 1.82) is 0 Å². The van der Waals surface area contributed by atoms with Crippen molar-refractivity contribution >= 4 is 23.4 Å². The molecule has 324 valence electrons. The van der Waals surface area contributed by atoms with Gasteiger partial charge in [0, 0.05) is 24.5 Å². The van der Waals surface area contributed by atoms with Crippen LogP contribution in [0.1, 0.15) is 180 Å². The van der Waals surface area contributed by atoms with Gasteiger partial charge in [0.15, 0.2) is 0 Å². The van der Waals surface area contributed by atoms with Gasteiger partial charge in [-0.1, -0.05) is 155 Å². The molecule has 57 heavy (non-hydrogen) atoms. The van der Waals surface area contributed by atoms with Crippen LogP contribution in [0.5, 0.6) is 0 Å². The molecule has 2 aromatic rings. The number of carbonyl (C=O) groups excluding carboxylic acids is 2. The van der Waals surface area contributed by atoms with E-state index in [0.717, 1.165) is 43.7 Å². The Balaban J connectivity index is 1.67. The smallest absolute Gasteiger partial charge is 0.319 e. The summed E-state index contributed by atoms with van der Waals surface area (Å²) >= 11 is 0. The molecule has 4 amide bonds. The maximum absolute atomic E-state index is 12.6. The molecule has 8 nitrogen and oxygen atoms in total. The monoisotopic (exact) mass is 791 g/mol. The highest BCUT2D eigenvalue weighted by Crippen LogP contribution is 2.17. The van der Waals surface area contributed by atoms with E-state index in [1.54, 1.807) is 0 Å². The number of anilines is 2. The minimum Gasteiger partial charge on any atom is -0.338 e. The van der Waals surface area contributed by atoms with Crippen molar-refractivity contribution in [2.75, 3.05) is 63.0 Å². The molecule has 0 atom stereocenters. The van der Waals surface area contributed by atoms with E-state index in [4.69, 9.17) is 0 Å². The fourth-order valence-electron chi connectivity index (χ4n) is 7.43. The largest absolute Gasteiger partial charge is 0.338 e. The second kappa shape index (κ2) is 34.9. The molecule has 0 aliphatic heterocycles. The molecule has 0 saturated carbocycles. The molecule has 0 spiro atoms. The average Bonchev–Trinajstić information content (AvgIpc) is 3.21. The van der Waals surface area contributed by atoms with Crippen LogP contribution in [0.4, 0.5) is 21.0 Å². The van der Waals surface area contributed by atoms with Gasteiger partial charge < -0.3 is 31.1 Å². The summed E-state index contributed by atoms with van der Waals surface area (Å²) in [6.45, 7) is 17.2. The molecule has 2 aromatic carbocycles. The highest BCUT2D eigenvalue weighted by molar-refractivity contribution is 5.89. The van der Waals surface area contributed by atoms with Crippen LogP contribution < -0.4 is 21.3 Å². The Morgan fingerprint density at radius 2 is 0.667 bits per heavy atom. The van der Waals surface area contributed by atoms with Crippen molar-refractivity contribution in [3.05, 3.63) is 59.7 Å². The fraction of sp³-hybridized carbons (Fsp3) is 0.714. The molecule has 0 unspecified atom stereocenters. The van der Waals surface area contributed by atoms with Crippen molar-refractivity contribution < 1.29 is 9.59 Å². The Labute approximate surface area is 350 Å². The summed E-state index contributed by atoms with van der Waals surface area (Å²) in [7, 11) is 0. The van der Waals surface area contributed by atoms with E-state index in [-0.39, 0.29) is 12.1 Å². The number of hydrogen-bond donors (Lipinski definition) is 4. The van der Waals surface area contributed by atoms with E-state index < -0.39 is 0 Å². The topological polar surface area (TPSA) is 88.7 Å². The number of hydrogen-bond acceptors (Lipinski definition) is 4. The summed E-state index contributed by atoms with van der Waals surface area (Å²) in [5.74, 6) is 0. The zero-order valence-corrected chi connectivity index (χ0v) is 37.3. The molecular formula is C49H86N6O2. The van der Waals surface area contributed by atoms with E-state index >= 15 is 0 Å². The second-order valence-corrected chi connectivity index (χ2v) is 16.4. The number of unbranched alkanes of at least 4 members (excludes halogenated alkanes) is 16. The van der Waals surface area contributed by atoms with E-state index in [1.165, 1.54) is 166 Å². The third kappa shape index (κ3) is 27.3. The van der Waals surface area contributed by atoms with Crippen molar-refractivity contribution in [1.82, 2.24) is 20.4 Å². The first kappa shape index (κ1) is 50.0. The lowest BCUT2D eigenvalue weighted by Crippen LogP contribution is -2.33. The molecule has 0 radical (unpaired) electrons. The number of rotatable bonds is 36. The molecule has 0 aliphatic carbocycles. The number of carbonyl (C=O) groups is 2. The minimum absolute atomic E-state index is 0.149. The third-order valence-electron chi connectivity index (χ3n) is 11.0. The number of amides is 4. The van der Waals surface area contributed by atoms with Crippen LogP contribution in [-0.2, 0) is 6.42 Å². The molecule has 0 heterocycles. The van der Waals surface area contributed by atoms with Gasteiger partial charge >= 0.3 is 12.1 Å². The van der Waals surface area contributed by atoms with Crippen molar-refractivity contribution in [2.45, 2.75) is 175 Å². The summed E-state index contributed by atoms with van der Waals surface area (Å²) < 4.78 is 0. The summed E-state index contributed by atoms with van der Waals surface area (Å²) in [6, 6.07) is 15.8. The van der Waals surface area contributed by atoms with Gasteiger partial charge in [-0.05, 0) is 120 Å². The standard InChI is InChI=1S/C49H86N6O2/c1-5-9-13-17-19-23-39-54(37-21-15-11-7-3)41-25-35-50-48(56)52-46-31-27-44(28-32-46)43-45-29-33-47(34-30-45)53-49(57)51-36-26-42-55(38-22-16-12-8-4)40-24-20-18-14-10-6-2/h27-34H,5-26,35-43H2,1-4H3,(H2,50,52,56)(H2,51,53,57). The Morgan fingerprint density at radius 3 is 1.00 bits per heavy atom. The second-order valence-electron chi connectivity index (χ2n) is 16.4. The molecule has 8 heteroatoms. The third-order valence-corrected chi connectivity index (χ3v) is 11.0. The lowest BCUT2D eigenvalue weighted by molar-refractivity contribution is 0.244. The van der Waals surface area contributed by atoms with Crippen molar-refractivity contribution in [2.24, 2.45) is 0 Å². The number of nitrogens with one attached hydrogen (secondary N) is 4. The maximum atomic E-state index is 12.6. The van der Waals surface area contributed by atoms with Crippen LogP contribution in [0.15, 0.2) is 48.5 Å². The average molecular weight is 791 g/mol. The zero-order chi connectivity index (χ0) is 41.0. The molecule has 0 saturated heterocycles. The first-order chi connectivity index (χ1) is 28.0. The van der Waals surface area contributed by atoms with Gasteiger partial charge in [0.2, 0.25) is 0 Å². The van der Waals surface area contributed by atoms with Crippen LogP contribution in [-0.4, -0.2) is 74.2 Å². The van der Waals surface area contributed by atoms with Gasteiger partial charge in [0.05, 0.1) is 0 Å². The quantitative estimate of drug-likeness (QED) is 0.0518. The van der Waals surface area contributed by atoms with Crippen molar-refractivity contribution in [3.63, 3.8) is 0 Å². The Bertz CT molecular complexity index is 1140. The lowest BCUT2D eigenvalue weighted by atomic mass is 10.0. The van der Waals surface area contributed by atoms with Crippen LogP contribution in [0.3, 0.4) is 0 Å². The first-order valence-electron chi connectivity index (χ1n) is 23.7. The Morgan fingerprint density at radius 1 is 0.386 bits per heavy atom. The van der Waals surface area contributed by atoms with E-state index in [1.807, 2.05) is 24.3 Å². The molecule has 2 rings (SSSR count). The number of nitrogens with zero attached hydrogens (tertiary/aromatic N) is 2. The van der Waals surface area contributed by atoms with Crippen LogP contribution in [0.25, 0.3) is 0 Å². The van der Waals surface area contributed by atoms with E-state index in [9.17, 15) is 9.59 Å². The Hall–Kier alpha value is -3.10. The minimum atomic E-state index is -0.149. The lowest BCUT2D eigenvalue weighted by Gasteiger charge is -2.22. The van der Waals surface area contributed by atoms with E-state index in [2.05, 4.69) is 83.0 Å². The maximum Gasteiger partial charge on any atom is 0.319 e. The predicted molar refractivity (Wildman–Crippen MR) is 247 cm³/mol. The molecular weight excluding hydrogens is 705 g/mol. The van der Waals surface area contributed by atoms with Gasteiger partial charge in [-0.25, -0.2) is 9.59 Å². The van der Waals surface area contributed by atoms with Crippen LogP contribution in [0, 0.1) is 0 Å². The number of benzene rings is 2. The summed E-state index contributed by atoms with van der Waals surface area (Å²) in [6.07, 6.45) is 29.0. The normalized spacial score (nSPS) is 11.3. The molecule has 0 bridgehead atoms. The summed E-state index contributed by atoms with van der Waals surface area (Å²) in [4.78, 5) is 30.5. The molecule has 0 aliphatic rings. The van der Waals surface area contributed by atoms with Gasteiger partial charge in [0.1, 0.15) is 0 Å². The van der Waals surface area contributed by atoms with Gasteiger partial charge in [-0.3, -0.25) is 0 Å². The molecule has 0 aromatic heterocycles. The zero-order valence-electron chi connectivity index (χ0n) is 37.3. The van der Waals surface area contributed by atoms with E-state index in [0.29, 0.717) is 13.1 Å². The van der Waals surface area contributed by atoms with Crippen molar-refractivity contribution in [3.8, 4) is 0 Å².